The Morgan fingerprint density at radius 2 is 1.96 bits per heavy atom. The topological polar surface area (TPSA) is 66.5 Å². The number of carbonyl (C=O) groups excluding carboxylic acids is 3. The quantitative estimate of drug-likeness (QED) is 0.678. The van der Waals surface area contributed by atoms with E-state index in [9.17, 15) is 14.4 Å². The van der Waals surface area contributed by atoms with Crippen molar-refractivity contribution in [1.29, 1.82) is 0 Å². The average Bonchev–Trinajstić information content (AvgIpc) is 3.16. The van der Waals surface area contributed by atoms with Crippen molar-refractivity contribution in [3.8, 4) is 0 Å². The summed E-state index contributed by atoms with van der Waals surface area (Å²) in [6.07, 6.45) is 0.114. The fourth-order valence-corrected chi connectivity index (χ4v) is 3.39. The van der Waals surface area contributed by atoms with Crippen LogP contribution in [0.25, 0.3) is 0 Å². The van der Waals surface area contributed by atoms with E-state index in [1.807, 2.05) is 22.9 Å². The monoisotopic (exact) mass is 328 g/mol. The van der Waals surface area contributed by atoms with Gasteiger partial charge in [-0.2, -0.15) is 11.3 Å². The maximum absolute atomic E-state index is 12.6. The standard InChI is InChI=1S/C17H16N2O3S/c1-17(13-8-10-23-11-13)15(21)19(16(22)18-17)9-7-14(20)12-5-3-2-4-6-12/h2-6,8,10-11H,7,9H2,1H3,(H,18,22)/t17-/m1/s1. The molecule has 2 heterocycles. The van der Waals surface area contributed by atoms with E-state index in [0.29, 0.717) is 5.56 Å². The van der Waals surface area contributed by atoms with Crippen molar-refractivity contribution >= 4 is 29.1 Å². The number of urea groups is 1. The van der Waals surface area contributed by atoms with Crippen molar-refractivity contribution in [3.63, 3.8) is 0 Å². The molecule has 1 aliphatic rings. The second-order valence-electron chi connectivity index (χ2n) is 5.56. The molecule has 23 heavy (non-hydrogen) atoms. The van der Waals surface area contributed by atoms with Crippen LogP contribution < -0.4 is 5.32 Å². The Bertz CT molecular complexity index is 742. The first-order valence-electron chi connectivity index (χ1n) is 7.27. The van der Waals surface area contributed by atoms with E-state index in [-0.39, 0.29) is 24.7 Å². The summed E-state index contributed by atoms with van der Waals surface area (Å²) < 4.78 is 0. The van der Waals surface area contributed by atoms with Crippen molar-refractivity contribution in [2.45, 2.75) is 18.9 Å². The third kappa shape index (κ3) is 2.77. The number of Topliss-reactive ketones (excluding diaryl/α,β-unsaturated/α-hetero) is 1. The number of carbonyl (C=O) groups is 3. The van der Waals surface area contributed by atoms with Crippen molar-refractivity contribution < 1.29 is 14.4 Å². The fraction of sp³-hybridized carbons (Fsp3) is 0.235. The van der Waals surface area contributed by atoms with Gasteiger partial charge in [-0.1, -0.05) is 30.3 Å². The first-order chi connectivity index (χ1) is 11.0. The molecule has 1 aliphatic heterocycles. The predicted molar refractivity (Wildman–Crippen MR) is 87.3 cm³/mol. The van der Waals surface area contributed by atoms with Crippen LogP contribution >= 0.6 is 11.3 Å². The molecule has 2 aromatic rings. The van der Waals surface area contributed by atoms with Crippen LogP contribution in [0.15, 0.2) is 47.2 Å². The Morgan fingerprint density at radius 1 is 1.22 bits per heavy atom. The highest BCUT2D eigenvalue weighted by Crippen LogP contribution is 2.30. The van der Waals surface area contributed by atoms with Crippen LogP contribution in [-0.4, -0.2) is 29.2 Å². The number of hydrogen-bond acceptors (Lipinski definition) is 4. The number of benzene rings is 1. The van der Waals surface area contributed by atoms with E-state index in [0.717, 1.165) is 10.5 Å². The molecular weight excluding hydrogens is 312 g/mol. The van der Waals surface area contributed by atoms with E-state index in [1.54, 1.807) is 31.2 Å². The van der Waals surface area contributed by atoms with E-state index in [1.165, 1.54) is 11.3 Å². The zero-order chi connectivity index (χ0) is 16.4. The summed E-state index contributed by atoms with van der Waals surface area (Å²) in [6, 6.07) is 10.2. The second kappa shape index (κ2) is 5.96. The van der Waals surface area contributed by atoms with Crippen molar-refractivity contribution in [2.24, 2.45) is 0 Å². The molecule has 0 unspecified atom stereocenters. The molecule has 1 atom stereocenters. The molecule has 0 aliphatic carbocycles. The minimum absolute atomic E-state index is 0.0815. The summed E-state index contributed by atoms with van der Waals surface area (Å²) in [6.45, 7) is 1.77. The van der Waals surface area contributed by atoms with Crippen LogP contribution in [0.3, 0.4) is 0 Å². The Labute approximate surface area is 137 Å². The summed E-state index contributed by atoms with van der Waals surface area (Å²) in [4.78, 5) is 38.0. The van der Waals surface area contributed by atoms with Crippen LogP contribution in [0.4, 0.5) is 4.79 Å². The lowest BCUT2D eigenvalue weighted by molar-refractivity contribution is -0.131. The number of nitrogens with one attached hydrogen (secondary N) is 1. The molecular formula is C17H16N2O3S. The molecule has 0 bridgehead atoms. The van der Waals surface area contributed by atoms with Crippen LogP contribution in [0.5, 0.6) is 0 Å². The average molecular weight is 328 g/mol. The first kappa shape index (κ1) is 15.4. The van der Waals surface area contributed by atoms with Gasteiger partial charge in [-0.05, 0) is 29.3 Å². The normalized spacial score (nSPS) is 20.7. The van der Waals surface area contributed by atoms with Gasteiger partial charge < -0.3 is 5.32 Å². The minimum Gasteiger partial charge on any atom is -0.319 e. The van der Waals surface area contributed by atoms with E-state index in [2.05, 4.69) is 5.32 Å². The van der Waals surface area contributed by atoms with E-state index >= 15 is 0 Å². The van der Waals surface area contributed by atoms with Gasteiger partial charge in [0, 0.05) is 18.5 Å². The Kier molecular flexibility index (Phi) is 4.00. The van der Waals surface area contributed by atoms with Crippen LogP contribution in [0, 0.1) is 0 Å². The number of amides is 3. The smallest absolute Gasteiger partial charge is 0.319 e. The number of nitrogens with zero attached hydrogens (tertiary/aromatic N) is 1. The van der Waals surface area contributed by atoms with Gasteiger partial charge in [0.25, 0.3) is 5.91 Å². The lowest BCUT2D eigenvalue weighted by Crippen LogP contribution is -2.40. The molecule has 1 N–H and O–H groups in total. The molecule has 0 saturated carbocycles. The van der Waals surface area contributed by atoms with Gasteiger partial charge in [-0.3, -0.25) is 14.5 Å². The van der Waals surface area contributed by atoms with Crippen LogP contribution in [-0.2, 0) is 10.3 Å². The summed E-state index contributed by atoms with van der Waals surface area (Å²) in [5.41, 5.74) is 0.297. The summed E-state index contributed by atoms with van der Waals surface area (Å²) in [5.74, 6) is -0.405. The van der Waals surface area contributed by atoms with Crippen molar-refractivity contribution in [3.05, 3.63) is 58.3 Å². The summed E-state index contributed by atoms with van der Waals surface area (Å²) >= 11 is 1.47. The van der Waals surface area contributed by atoms with Gasteiger partial charge in [0.2, 0.25) is 0 Å². The lowest BCUT2D eigenvalue weighted by Gasteiger charge is -2.20. The molecule has 3 rings (SSSR count). The fourth-order valence-electron chi connectivity index (χ4n) is 2.63. The van der Waals surface area contributed by atoms with E-state index < -0.39 is 11.6 Å². The van der Waals surface area contributed by atoms with Gasteiger partial charge in [0.1, 0.15) is 5.54 Å². The number of hydrogen-bond donors (Lipinski definition) is 1. The van der Waals surface area contributed by atoms with Gasteiger partial charge in [0.15, 0.2) is 5.78 Å². The molecule has 1 aromatic carbocycles. The molecule has 1 fully saturated rings. The largest absolute Gasteiger partial charge is 0.325 e. The molecule has 1 saturated heterocycles. The summed E-state index contributed by atoms with van der Waals surface area (Å²) in [5, 5.41) is 6.44. The van der Waals surface area contributed by atoms with E-state index in [4.69, 9.17) is 0 Å². The highest BCUT2D eigenvalue weighted by molar-refractivity contribution is 7.08. The predicted octanol–water partition coefficient (Wildman–Crippen LogP) is 2.79. The van der Waals surface area contributed by atoms with Gasteiger partial charge in [-0.15, -0.1) is 0 Å². The highest BCUT2D eigenvalue weighted by Gasteiger charge is 2.48. The Hall–Kier alpha value is -2.47. The van der Waals surface area contributed by atoms with Crippen LogP contribution in [0.2, 0.25) is 0 Å². The molecule has 5 nitrogen and oxygen atoms in total. The maximum atomic E-state index is 12.6. The molecule has 3 amide bonds. The zero-order valence-electron chi connectivity index (χ0n) is 12.6. The molecule has 118 valence electrons. The number of ketones is 1. The molecule has 0 radical (unpaired) electrons. The lowest BCUT2D eigenvalue weighted by atomic mass is 9.95. The number of thiophene rings is 1. The third-order valence-corrected chi connectivity index (χ3v) is 4.71. The SMILES string of the molecule is C[C@]1(c2ccsc2)NC(=O)N(CCC(=O)c2ccccc2)C1=O. The molecule has 6 heteroatoms. The summed E-state index contributed by atoms with van der Waals surface area (Å²) in [7, 11) is 0. The first-order valence-corrected chi connectivity index (χ1v) is 8.21. The Balaban J connectivity index is 1.71. The van der Waals surface area contributed by atoms with Gasteiger partial charge in [0.05, 0.1) is 0 Å². The number of imide groups is 1. The van der Waals surface area contributed by atoms with Gasteiger partial charge >= 0.3 is 6.03 Å². The molecule has 1 aromatic heterocycles. The van der Waals surface area contributed by atoms with Crippen molar-refractivity contribution in [2.75, 3.05) is 6.54 Å². The second-order valence-corrected chi connectivity index (χ2v) is 6.34. The minimum atomic E-state index is -1.05. The van der Waals surface area contributed by atoms with Crippen molar-refractivity contribution in [1.82, 2.24) is 10.2 Å². The maximum Gasteiger partial charge on any atom is 0.325 e. The third-order valence-electron chi connectivity index (χ3n) is 4.03. The van der Waals surface area contributed by atoms with Crippen LogP contribution in [0.1, 0.15) is 29.3 Å². The molecule has 0 spiro atoms. The Morgan fingerprint density at radius 3 is 2.61 bits per heavy atom. The van der Waals surface area contributed by atoms with Gasteiger partial charge in [-0.25, -0.2) is 4.79 Å². The highest BCUT2D eigenvalue weighted by atomic mass is 32.1. The number of rotatable bonds is 5. The zero-order valence-corrected chi connectivity index (χ0v) is 13.4.